The molecular formula is C22H18Cl2N2O4. The van der Waals surface area contributed by atoms with E-state index in [1.165, 1.54) is 26.4 Å². The Hall–Kier alpha value is -3.22. The van der Waals surface area contributed by atoms with Gasteiger partial charge in [-0.3, -0.25) is 0 Å². The molecule has 0 atom stereocenters. The van der Waals surface area contributed by atoms with E-state index in [0.717, 1.165) is 0 Å². The molecule has 6 nitrogen and oxygen atoms in total. The number of rotatable bonds is 6. The van der Waals surface area contributed by atoms with Gasteiger partial charge in [0.2, 0.25) is 0 Å². The zero-order valence-corrected chi connectivity index (χ0v) is 17.7. The van der Waals surface area contributed by atoms with E-state index < -0.39 is 11.9 Å². The van der Waals surface area contributed by atoms with Gasteiger partial charge in [-0.25, -0.2) is 9.59 Å². The molecule has 0 radical (unpaired) electrons. The van der Waals surface area contributed by atoms with Crippen molar-refractivity contribution in [3.05, 3.63) is 81.8 Å². The van der Waals surface area contributed by atoms with E-state index in [9.17, 15) is 9.59 Å². The van der Waals surface area contributed by atoms with Crippen LogP contribution in [0.25, 0.3) is 0 Å². The molecule has 0 aromatic heterocycles. The summed E-state index contributed by atoms with van der Waals surface area (Å²) in [6.07, 6.45) is 0. The second kappa shape index (κ2) is 9.52. The van der Waals surface area contributed by atoms with Crippen molar-refractivity contribution in [1.82, 2.24) is 0 Å². The molecule has 0 amide bonds. The second-order valence-corrected chi connectivity index (χ2v) is 7.07. The van der Waals surface area contributed by atoms with Crippen molar-refractivity contribution >= 4 is 57.9 Å². The van der Waals surface area contributed by atoms with Gasteiger partial charge in [0.1, 0.15) is 0 Å². The Labute approximate surface area is 183 Å². The number of hydrogen-bond acceptors (Lipinski definition) is 6. The number of carbonyl (C=O) groups is 2. The molecule has 0 saturated heterocycles. The van der Waals surface area contributed by atoms with E-state index in [-0.39, 0.29) is 11.1 Å². The molecule has 0 aliphatic heterocycles. The Balaban J connectivity index is 2.12. The number of anilines is 4. The van der Waals surface area contributed by atoms with E-state index in [1.807, 2.05) is 0 Å². The van der Waals surface area contributed by atoms with E-state index in [1.54, 1.807) is 48.5 Å². The van der Waals surface area contributed by atoms with Crippen LogP contribution in [0, 0.1) is 0 Å². The van der Waals surface area contributed by atoms with E-state index in [0.29, 0.717) is 32.8 Å². The van der Waals surface area contributed by atoms with Crippen LogP contribution in [0.1, 0.15) is 20.7 Å². The number of methoxy groups -OCH3 is 2. The monoisotopic (exact) mass is 444 g/mol. The predicted octanol–water partition coefficient (Wildman–Crippen LogP) is 6.05. The highest BCUT2D eigenvalue weighted by molar-refractivity contribution is 6.31. The average molecular weight is 445 g/mol. The van der Waals surface area contributed by atoms with Crippen LogP contribution in [-0.2, 0) is 9.47 Å². The fourth-order valence-corrected chi connectivity index (χ4v) is 3.19. The summed E-state index contributed by atoms with van der Waals surface area (Å²) >= 11 is 12.1. The molecule has 0 heterocycles. The largest absolute Gasteiger partial charge is 0.465 e. The lowest BCUT2D eigenvalue weighted by Gasteiger charge is -2.17. The predicted molar refractivity (Wildman–Crippen MR) is 119 cm³/mol. The summed E-state index contributed by atoms with van der Waals surface area (Å²) in [5.41, 5.74) is 2.43. The minimum atomic E-state index is -0.579. The second-order valence-electron chi connectivity index (χ2n) is 6.20. The Morgan fingerprint density at radius 2 is 1.10 bits per heavy atom. The molecule has 0 aliphatic rings. The van der Waals surface area contributed by atoms with Crippen LogP contribution in [0.3, 0.4) is 0 Å². The maximum absolute atomic E-state index is 12.4. The van der Waals surface area contributed by atoms with E-state index >= 15 is 0 Å². The van der Waals surface area contributed by atoms with Crippen molar-refractivity contribution in [2.75, 3.05) is 24.9 Å². The number of ether oxygens (including phenoxy) is 2. The van der Waals surface area contributed by atoms with Crippen LogP contribution >= 0.6 is 23.2 Å². The van der Waals surface area contributed by atoms with Crippen molar-refractivity contribution in [2.45, 2.75) is 0 Å². The summed E-state index contributed by atoms with van der Waals surface area (Å²) in [6, 6.07) is 17.0. The third kappa shape index (κ3) is 5.03. The molecular weight excluding hydrogens is 427 g/mol. The number of benzene rings is 3. The van der Waals surface area contributed by atoms with Crippen molar-refractivity contribution in [2.24, 2.45) is 0 Å². The first-order chi connectivity index (χ1) is 14.4. The molecule has 3 aromatic rings. The molecule has 2 N–H and O–H groups in total. The molecule has 0 bridgehead atoms. The van der Waals surface area contributed by atoms with Gasteiger partial charge in [0.05, 0.1) is 36.7 Å². The van der Waals surface area contributed by atoms with Crippen molar-refractivity contribution in [3.8, 4) is 0 Å². The summed E-state index contributed by atoms with van der Waals surface area (Å²) in [5, 5.41) is 7.25. The average Bonchev–Trinajstić information content (AvgIpc) is 2.73. The van der Waals surface area contributed by atoms with Gasteiger partial charge < -0.3 is 20.1 Å². The molecule has 30 heavy (non-hydrogen) atoms. The highest BCUT2D eigenvalue weighted by Crippen LogP contribution is 2.32. The van der Waals surface area contributed by atoms with Gasteiger partial charge in [-0.2, -0.15) is 0 Å². The molecule has 0 aliphatic carbocycles. The fourth-order valence-electron chi connectivity index (χ4n) is 2.81. The third-order valence-electron chi connectivity index (χ3n) is 4.18. The smallest absolute Gasteiger partial charge is 0.340 e. The first-order valence-electron chi connectivity index (χ1n) is 8.81. The maximum atomic E-state index is 12.4. The van der Waals surface area contributed by atoms with Crippen molar-refractivity contribution in [3.63, 3.8) is 0 Å². The quantitative estimate of drug-likeness (QED) is 0.450. The first kappa shape index (κ1) is 21.5. The topological polar surface area (TPSA) is 76.7 Å². The number of nitrogens with one attached hydrogen (secondary N) is 2. The highest BCUT2D eigenvalue weighted by atomic mass is 35.5. The van der Waals surface area contributed by atoms with E-state index in [2.05, 4.69) is 10.6 Å². The van der Waals surface area contributed by atoms with Crippen LogP contribution in [0.4, 0.5) is 22.7 Å². The minimum absolute atomic E-state index is 0.217. The highest BCUT2D eigenvalue weighted by Gasteiger charge is 2.21. The molecule has 3 aromatic carbocycles. The summed E-state index contributed by atoms with van der Waals surface area (Å²) in [5.74, 6) is -1.16. The third-order valence-corrected chi connectivity index (χ3v) is 4.65. The number of hydrogen-bond donors (Lipinski definition) is 2. The Morgan fingerprint density at radius 3 is 1.43 bits per heavy atom. The van der Waals surface area contributed by atoms with Crippen LogP contribution in [-0.4, -0.2) is 26.2 Å². The lowest BCUT2D eigenvalue weighted by molar-refractivity contribution is 0.0588. The molecule has 154 valence electrons. The molecule has 0 fully saturated rings. The van der Waals surface area contributed by atoms with Crippen LogP contribution in [0.5, 0.6) is 0 Å². The van der Waals surface area contributed by atoms with Crippen LogP contribution in [0.15, 0.2) is 60.7 Å². The molecule has 0 spiro atoms. The summed E-state index contributed by atoms with van der Waals surface area (Å²) in [7, 11) is 2.56. The summed E-state index contributed by atoms with van der Waals surface area (Å²) in [6.45, 7) is 0. The molecule has 0 unspecified atom stereocenters. The lowest BCUT2D eigenvalue weighted by atomic mass is 10.0. The fraction of sp³-hybridized carbons (Fsp3) is 0.0909. The summed E-state index contributed by atoms with van der Waals surface area (Å²) < 4.78 is 9.84. The minimum Gasteiger partial charge on any atom is -0.465 e. The van der Waals surface area contributed by atoms with Crippen LogP contribution in [0.2, 0.25) is 10.0 Å². The maximum Gasteiger partial charge on any atom is 0.340 e. The van der Waals surface area contributed by atoms with Gasteiger partial charge >= 0.3 is 11.9 Å². The van der Waals surface area contributed by atoms with Gasteiger partial charge in [-0.15, -0.1) is 0 Å². The SMILES string of the molecule is COC(=O)c1cc(Nc2cccc(Cl)c2)c(C(=O)OC)cc1Nc1cccc(Cl)c1. The Kier molecular flexibility index (Phi) is 6.82. The molecule has 0 saturated carbocycles. The van der Waals surface area contributed by atoms with Crippen molar-refractivity contribution in [1.29, 1.82) is 0 Å². The summed E-state index contributed by atoms with van der Waals surface area (Å²) in [4.78, 5) is 24.9. The first-order valence-corrected chi connectivity index (χ1v) is 9.56. The molecule has 8 heteroatoms. The normalized spacial score (nSPS) is 10.3. The van der Waals surface area contributed by atoms with Gasteiger partial charge in [0.25, 0.3) is 0 Å². The Morgan fingerprint density at radius 1 is 0.700 bits per heavy atom. The molecule has 3 rings (SSSR count). The number of esters is 2. The van der Waals surface area contributed by atoms with Crippen LogP contribution < -0.4 is 10.6 Å². The Bertz CT molecular complexity index is 1010. The van der Waals surface area contributed by atoms with Gasteiger partial charge in [0.15, 0.2) is 0 Å². The van der Waals surface area contributed by atoms with Crippen molar-refractivity contribution < 1.29 is 19.1 Å². The van der Waals surface area contributed by atoms with Gasteiger partial charge in [0, 0.05) is 21.4 Å². The lowest BCUT2D eigenvalue weighted by Crippen LogP contribution is -2.12. The zero-order chi connectivity index (χ0) is 21.7. The standard InChI is InChI=1S/C22H18Cl2N2O4/c1-29-21(27)17-11-20(26-16-8-4-6-14(24)10-16)18(22(28)30-2)12-19(17)25-15-7-3-5-13(23)9-15/h3-12,25-26H,1-2H3. The van der Waals surface area contributed by atoms with Gasteiger partial charge in [-0.1, -0.05) is 35.3 Å². The number of halogens is 2. The van der Waals surface area contributed by atoms with E-state index in [4.69, 9.17) is 32.7 Å². The zero-order valence-electron chi connectivity index (χ0n) is 16.2. The van der Waals surface area contributed by atoms with Gasteiger partial charge in [-0.05, 0) is 48.5 Å². The number of carbonyl (C=O) groups excluding carboxylic acids is 2.